The monoisotopic (exact) mass is 426 g/mol. The molecule has 0 saturated heterocycles. The van der Waals surface area contributed by atoms with Gasteiger partial charge >= 0.3 is 0 Å². The van der Waals surface area contributed by atoms with Crippen molar-refractivity contribution in [3.05, 3.63) is 84.2 Å². The Morgan fingerprint density at radius 3 is 2.33 bits per heavy atom. The van der Waals surface area contributed by atoms with Gasteiger partial charge in [-0.2, -0.15) is 0 Å². The van der Waals surface area contributed by atoms with E-state index in [1.807, 2.05) is 30.3 Å². The second-order valence-corrected chi connectivity index (χ2v) is 9.31. The van der Waals surface area contributed by atoms with Crippen LogP contribution >= 0.6 is 0 Å². The molecule has 0 N–H and O–H groups in total. The molecular formula is C24H30N2O3S. The smallest absolute Gasteiger partial charge is 0.264 e. The minimum atomic E-state index is -3.58. The Bertz CT molecular complexity index is 1030. The van der Waals surface area contributed by atoms with E-state index in [1.165, 1.54) is 15.6 Å². The summed E-state index contributed by atoms with van der Waals surface area (Å²) in [6, 6.07) is 20.6. The van der Waals surface area contributed by atoms with Crippen LogP contribution in [0.1, 0.15) is 36.9 Å². The van der Waals surface area contributed by atoms with Crippen LogP contribution < -0.4 is 4.31 Å². The lowest BCUT2D eigenvalue weighted by atomic mass is 9.91. The van der Waals surface area contributed by atoms with Gasteiger partial charge in [0, 0.05) is 38.5 Å². The number of hydrogen-bond donors (Lipinski definition) is 0. The van der Waals surface area contributed by atoms with Gasteiger partial charge in [-0.15, -0.1) is 0 Å². The summed E-state index contributed by atoms with van der Waals surface area (Å²) in [5.41, 5.74) is 3.09. The number of nitrogens with zero attached hydrogens (tertiary/aromatic N) is 2. The first kappa shape index (κ1) is 22.1. The molecule has 1 atom stereocenters. The summed E-state index contributed by atoms with van der Waals surface area (Å²) in [4.78, 5) is 0.288. The zero-order valence-electron chi connectivity index (χ0n) is 17.9. The third-order valence-corrected chi connectivity index (χ3v) is 7.20. The number of anilines is 1. The predicted molar refractivity (Wildman–Crippen MR) is 122 cm³/mol. The average Bonchev–Trinajstić information content (AvgIpc) is 3.24. The van der Waals surface area contributed by atoms with Crippen molar-refractivity contribution in [2.75, 3.05) is 25.1 Å². The van der Waals surface area contributed by atoms with E-state index >= 15 is 0 Å². The molecular weight excluding hydrogens is 396 g/mol. The Balaban J connectivity index is 1.87. The average molecular weight is 427 g/mol. The number of benzene rings is 2. The van der Waals surface area contributed by atoms with E-state index in [0.29, 0.717) is 12.3 Å². The fraction of sp³-hybridized carbons (Fsp3) is 0.333. The van der Waals surface area contributed by atoms with E-state index in [4.69, 9.17) is 4.74 Å². The van der Waals surface area contributed by atoms with Gasteiger partial charge in [0.15, 0.2) is 0 Å². The highest BCUT2D eigenvalue weighted by atomic mass is 32.2. The molecule has 0 bridgehead atoms. The first-order valence-electron chi connectivity index (χ1n) is 10.3. The second kappa shape index (κ2) is 9.96. The molecule has 0 aliphatic carbocycles. The maximum Gasteiger partial charge on any atom is 0.264 e. The van der Waals surface area contributed by atoms with Crippen molar-refractivity contribution in [3.8, 4) is 0 Å². The van der Waals surface area contributed by atoms with Crippen molar-refractivity contribution in [2.45, 2.75) is 37.1 Å². The van der Waals surface area contributed by atoms with Crippen molar-refractivity contribution in [3.63, 3.8) is 0 Å². The molecule has 0 saturated carbocycles. The zero-order chi connectivity index (χ0) is 21.6. The zero-order valence-corrected chi connectivity index (χ0v) is 18.7. The Kier molecular flexibility index (Phi) is 7.34. The van der Waals surface area contributed by atoms with Crippen LogP contribution in [-0.2, 0) is 21.3 Å². The maximum absolute atomic E-state index is 12.9. The van der Waals surface area contributed by atoms with Crippen LogP contribution in [-0.4, -0.2) is 33.7 Å². The molecule has 3 rings (SSSR count). The third kappa shape index (κ3) is 4.77. The number of ether oxygens (including phenoxy) is 1. The van der Waals surface area contributed by atoms with Crippen molar-refractivity contribution >= 4 is 15.7 Å². The molecule has 0 fully saturated rings. The minimum absolute atomic E-state index is 0.256. The van der Waals surface area contributed by atoms with Crippen molar-refractivity contribution in [1.82, 2.24) is 4.57 Å². The Morgan fingerprint density at radius 1 is 1.00 bits per heavy atom. The first-order chi connectivity index (χ1) is 14.5. The molecule has 0 aliphatic rings. The lowest BCUT2D eigenvalue weighted by Gasteiger charge is -2.22. The highest BCUT2D eigenvalue weighted by Crippen LogP contribution is 2.32. The van der Waals surface area contributed by atoms with Crippen molar-refractivity contribution in [2.24, 2.45) is 0 Å². The fourth-order valence-electron chi connectivity index (χ4n) is 3.72. The molecule has 1 unspecified atom stereocenters. The summed E-state index contributed by atoms with van der Waals surface area (Å²) < 4.78 is 34.6. The van der Waals surface area contributed by atoms with Gasteiger partial charge in [0.25, 0.3) is 10.0 Å². The van der Waals surface area contributed by atoms with E-state index in [1.54, 1.807) is 38.4 Å². The molecule has 0 aliphatic heterocycles. The maximum atomic E-state index is 12.9. The molecule has 2 aromatic carbocycles. The first-order valence-corrected chi connectivity index (χ1v) is 11.7. The van der Waals surface area contributed by atoms with Gasteiger partial charge in [-0.1, -0.05) is 43.7 Å². The normalized spacial score (nSPS) is 12.6. The second-order valence-electron chi connectivity index (χ2n) is 7.34. The van der Waals surface area contributed by atoms with Gasteiger partial charge in [-0.3, -0.25) is 4.31 Å². The Labute approximate surface area is 180 Å². The Morgan fingerprint density at radius 2 is 1.70 bits per heavy atom. The van der Waals surface area contributed by atoms with Gasteiger partial charge < -0.3 is 9.30 Å². The number of rotatable bonds is 10. The Hall–Kier alpha value is -2.57. The van der Waals surface area contributed by atoms with Crippen LogP contribution in [0.5, 0.6) is 0 Å². The lowest BCUT2D eigenvalue weighted by Crippen LogP contribution is -2.26. The van der Waals surface area contributed by atoms with Crippen LogP contribution in [0, 0.1) is 0 Å². The molecule has 0 radical (unpaired) electrons. The SMILES string of the molecule is CCCC(c1ccc(N(C)S(=O)(=O)c2ccccc2)cc1)c1cccn1CCOC. The van der Waals surface area contributed by atoms with E-state index in [0.717, 1.165) is 19.4 Å². The van der Waals surface area contributed by atoms with E-state index in [2.05, 4.69) is 29.8 Å². The van der Waals surface area contributed by atoms with E-state index in [-0.39, 0.29) is 10.8 Å². The van der Waals surface area contributed by atoms with Gasteiger partial charge in [-0.25, -0.2) is 8.42 Å². The predicted octanol–water partition coefficient (Wildman–Crippen LogP) is 4.89. The quantitative estimate of drug-likeness (QED) is 0.464. The van der Waals surface area contributed by atoms with Gasteiger partial charge in [0.05, 0.1) is 17.2 Å². The highest BCUT2D eigenvalue weighted by Gasteiger charge is 2.22. The number of sulfonamides is 1. The summed E-state index contributed by atoms with van der Waals surface area (Å²) in [6.45, 7) is 3.67. The van der Waals surface area contributed by atoms with Crippen LogP contribution in [0.15, 0.2) is 77.8 Å². The van der Waals surface area contributed by atoms with Gasteiger partial charge in [0.1, 0.15) is 0 Å². The molecule has 1 aromatic heterocycles. The van der Waals surface area contributed by atoms with Gasteiger partial charge in [0.2, 0.25) is 0 Å². The lowest BCUT2D eigenvalue weighted by molar-refractivity contribution is 0.186. The van der Waals surface area contributed by atoms with E-state index in [9.17, 15) is 8.42 Å². The topological polar surface area (TPSA) is 51.5 Å². The molecule has 6 heteroatoms. The number of aromatic nitrogens is 1. The largest absolute Gasteiger partial charge is 0.383 e. The summed E-state index contributed by atoms with van der Waals surface area (Å²) >= 11 is 0. The van der Waals surface area contributed by atoms with Crippen molar-refractivity contribution in [1.29, 1.82) is 0 Å². The molecule has 5 nitrogen and oxygen atoms in total. The summed E-state index contributed by atoms with van der Waals surface area (Å²) in [5.74, 6) is 0.256. The van der Waals surface area contributed by atoms with Crippen molar-refractivity contribution < 1.29 is 13.2 Å². The minimum Gasteiger partial charge on any atom is -0.383 e. The summed E-state index contributed by atoms with van der Waals surface area (Å²) in [7, 11) is -0.273. The standard InChI is InChI=1S/C24H30N2O3S/c1-4-9-23(24-12-8-17-26(24)18-19-29-3)20-13-15-21(16-14-20)25(2)30(27,28)22-10-6-5-7-11-22/h5-8,10-17,23H,4,9,18-19H2,1-3H3. The molecule has 3 aromatic rings. The van der Waals surface area contributed by atoms with Crippen LogP contribution in [0.25, 0.3) is 0 Å². The molecule has 0 spiro atoms. The third-order valence-electron chi connectivity index (χ3n) is 5.40. The molecule has 0 amide bonds. The van der Waals surface area contributed by atoms with Crippen LogP contribution in [0.2, 0.25) is 0 Å². The van der Waals surface area contributed by atoms with Crippen LogP contribution in [0.4, 0.5) is 5.69 Å². The number of hydrogen-bond acceptors (Lipinski definition) is 3. The molecule has 1 heterocycles. The number of methoxy groups -OCH3 is 1. The highest BCUT2D eigenvalue weighted by molar-refractivity contribution is 7.92. The fourth-order valence-corrected chi connectivity index (χ4v) is 4.93. The molecule has 160 valence electrons. The van der Waals surface area contributed by atoms with E-state index < -0.39 is 10.0 Å². The van der Waals surface area contributed by atoms with Crippen LogP contribution in [0.3, 0.4) is 0 Å². The van der Waals surface area contributed by atoms with Gasteiger partial charge in [-0.05, 0) is 48.4 Å². The molecule has 30 heavy (non-hydrogen) atoms. The summed E-state index contributed by atoms with van der Waals surface area (Å²) in [6.07, 6.45) is 4.17. The summed E-state index contributed by atoms with van der Waals surface area (Å²) in [5, 5.41) is 0.